The maximum atomic E-state index is 13.3. The summed E-state index contributed by atoms with van der Waals surface area (Å²) in [6.07, 6.45) is 13.9. The molecule has 7 N–H and O–H groups in total. The van der Waals surface area contributed by atoms with Gasteiger partial charge < -0.3 is 50.4 Å². The van der Waals surface area contributed by atoms with Gasteiger partial charge in [-0.2, -0.15) is 0 Å². The standard InChI is InChI=1S/C43H60N2O12/c1-9-11-13-21-31-42(6,7)38(50)39(51)43(54,57-31)28(10-2)40(52)44-23-17-16-19-26(4)36(55-8)27(5)37-35(49)34(48)30(56-37)20-15-12-14-18-25(3)33(47)32-29(46)22-24-45-41(32)53/h9,11-22,24,27-28,30-32,34-39,48-51,54H,10,23H2,1-8H3,(H,44,52)(H,45,53). The Morgan fingerprint density at radius 3 is 2.30 bits per heavy atom. The molecule has 0 spiro atoms. The van der Waals surface area contributed by atoms with Crippen LogP contribution in [0.1, 0.15) is 54.9 Å². The van der Waals surface area contributed by atoms with Crippen molar-refractivity contribution in [3.05, 3.63) is 96.3 Å². The van der Waals surface area contributed by atoms with Gasteiger partial charge in [0.2, 0.25) is 17.6 Å². The molecule has 0 saturated carbocycles. The number of hydrogen-bond acceptors (Lipinski definition) is 12. The lowest BCUT2D eigenvalue weighted by atomic mass is 9.71. The highest BCUT2D eigenvalue weighted by atomic mass is 16.7. The van der Waals surface area contributed by atoms with Crippen LogP contribution in [0.2, 0.25) is 0 Å². The largest absolute Gasteiger partial charge is 0.390 e. The van der Waals surface area contributed by atoms with E-state index in [0.29, 0.717) is 0 Å². The summed E-state index contributed by atoms with van der Waals surface area (Å²) in [7, 11) is 1.52. The van der Waals surface area contributed by atoms with Gasteiger partial charge in [0.1, 0.15) is 24.4 Å². The van der Waals surface area contributed by atoms with E-state index in [2.05, 4.69) is 10.6 Å². The van der Waals surface area contributed by atoms with Gasteiger partial charge >= 0.3 is 0 Å². The highest BCUT2D eigenvalue weighted by Crippen LogP contribution is 2.44. The molecule has 3 aliphatic heterocycles. The molecule has 3 aliphatic rings. The van der Waals surface area contributed by atoms with Gasteiger partial charge in [0, 0.05) is 31.2 Å². The van der Waals surface area contributed by atoms with Crippen LogP contribution < -0.4 is 10.6 Å². The third-order valence-electron chi connectivity index (χ3n) is 10.8. The summed E-state index contributed by atoms with van der Waals surface area (Å²) in [4.78, 5) is 49.9. The molecule has 0 aromatic carbocycles. The normalized spacial score (nSPS) is 32.9. The molecule has 14 nitrogen and oxygen atoms in total. The Morgan fingerprint density at radius 1 is 0.982 bits per heavy atom. The molecule has 0 bridgehead atoms. The topological polar surface area (TPSA) is 221 Å². The summed E-state index contributed by atoms with van der Waals surface area (Å²) in [5, 5.41) is 60.2. The van der Waals surface area contributed by atoms with Crippen molar-refractivity contribution in [2.75, 3.05) is 13.7 Å². The van der Waals surface area contributed by atoms with E-state index in [9.17, 15) is 44.7 Å². The fourth-order valence-electron chi connectivity index (χ4n) is 7.23. The van der Waals surface area contributed by atoms with E-state index in [0.717, 1.165) is 11.6 Å². The Bertz CT molecular complexity index is 1690. The second-order valence-corrected chi connectivity index (χ2v) is 15.2. The van der Waals surface area contributed by atoms with Crippen molar-refractivity contribution in [1.82, 2.24) is 10.6 Å². The van der Waals surface area contributed by atoms with Crippen LogP contribution in [-0.4, -0.2) is 117 Å². The number of rotatable bonds is 17. The third-order valence-corrected chi connectivity index (χ3v) is 10.8. The molecule has 12 unspecified atom stereocenters. The van der Waals surface area contributed by atoms with Crippen LogP contribution in [0.4, 0.5) is 0 Å². The van der Waals surface area contributed by atoms with E-state index in [1.165, 1.54) is 26.3 Å². The van der Waals surface area contributed by atoms with Crippen molar-refractivity contribution in [1.29, 1.82) is 0 Å². The smallest absolute Gasteiger partial charge is 0.242 e. The molecule has 0 radical (unpaired) electrons. The average molecular weight is 797 g/mol. The second kappa shape index (κ2) is 21.0. The first-order valence-corrected chi connectivity index (χ1v) is 19.2. The zero-order valence-corrected chi connectivity index (χ0v) is 33.9. The number of ether oxygens (including phenoxy) is 3. The number of hydrogen-bond donors (Lipinski definition) is 7. The summed E-state index contributed by atoms with van der Waals surface area (Å²) < 4.78 is 17.8. The molecule has 57 heavy (non-hydrogen) atoms. The lowest BCUT2D eigenvalue weighted by Gasteiger charge is -2.53. The SMILES string of the molecule is CC=CC=CC1OC(O)(C(CC)C(=O)NCC=CC=C(C)C(OC)C(C)C2OC(C=CC=CC=C(C)C(=O)C3C(=O)C=CNC3=O)C(O)C2O)C(O)C(O)C1(C)C. The van der Waals surface area contributed by atoms with Gasteiger partial charge in [-0.15, -0.1) is 0 Å². The number of methoxy groups -OCH3 is 1. The number of amides is 2. The van der Waals surface area contributed by atoms with Gasteiger partial charge in [0.25, 0.3) is 0 Å². The van der Waals surface area contributed by atoms with E-state index in [4.69, 9.17) is 14.2 Å². The molecular weight excluding hydrogens is 736 g/mol. The van der Waals surface area contributed by atoms with Crippen LogP contribution in [0.25, 0.3) is 0 Å². The predicted molar refractivity (Wildman–Crippen MR) is 213 cm³/mol. The lowest BCUT2D eigenvalue weighted by Crippen LogP contribution is -2.69. The van der Waals surface area contributed by atoms with Gasteiger partial charge in [-0.05, 0) is 44.4 Å². The van der Waals surface area contributed by atoms with Crippen LogP contribution in [0.15, 0.2) is 96.3 Å². The molecule has 314 valence electrons. The highest BCUT2D eigenvalue weighted by Gasteiger charge is 2.60. The van der Waals surface area contributed by atoms with Gasteiger partial charge in [0.05, 0.1) is 30.3 Å². The zero-order valence-electron chi connectivity index (χ0n) is 33.9. The number of carbonyl (C=O) groups is 4. The van der Waals surface area contributed by atoms with Crippen LogP contribution in [0, 0.1) is 23.2 Å². The van der Waals surface area contributed by atoms with Crippen molar-refractivity contribution >= 4 is 23.4 Å². The van der Waals surface area contributed by atoms with E-state index in [1.807, 2.05) is 26.8 Å². The molecule has 14 heteroatoms. The molecule has 2 fully saturated rings. The minimum Gasteiger partial charge on any atom is -0.390 e. The molecule has 0 aromatic heterocycles. The molecule has 2 saturated heterocycles. The number of Topliss-reactive ketones (excluding diaryl/α,β-unsaturated/α-hetero) is 1. The van der Waals surface area contributed by atoms with Crippen molar-refractivity contribution in [2.45, 2.75) is 110 Å². The number of nitrogens with one attached hydrogen (secondary N) is 2. The molecule has 0 aromatic rings. The first kappa shape index (κ1) is 47.3. The third kappa shape index (κ3) is 11.1. The minimum absolute atomic E-state index is 0.0802. The first-order chi connectivity index (χ1) is 26.9. The van der Waals surface area contributed by atoms with Crippen LogP contribution in [-0.2, 0) is 33.4 Å². The molecule has 0 aliphatic carbocycles. The second-order valence-electron chi connectivity index (χ2n) is 15.2. The minimum atomic E-state index is -2.34. The first-order valence-electron chi connectivity index (χ1n) is 19.2. The average Bonchev–Trinajstić information content (AvgIpc) is 3.45. The van der Waals surface area contributed by atoms with Crippen LogP contribution in [0.3, 0.4) is 0 Å². The Morgan fingerprint density at radius 2 is 1.67 bits per heavy atom. The van der Waals surface area contributed by atoms with Gasteiger partial charge in [-0.25, -0.2) is 0 Å². The van der Waals surface area contributed by atoms with E-state index < -0.39 is 101 Å². The van der Waals surface area contributed by atoms with Crippen molar-refractivity contribution in [3.8, 4) is 0 Å². The van der Waals surface area contributed by atoms with E-state index in [-0.39, 0.29) is 18.5 Å². The number of allylic oxidation sites excluding steroid dienone is 11. The highest BCUT2D eigenvalue weighted by molar-refractivity contribution is 6.27. The van der Waals surface area contributed by atoms with Crippen molar-refractivity contribution in [3.63, 3.8) is 0 Å². The summed E-state index contributed by atoms with van der Waals surface area (Å²) >= 11 is 0. The predicted octanol–water partition coefficient (Wildman–Crippen LogP) is 2.20. The number of ketones is 2. The maximum Gasteiger partial charge on any atom is 0.242 e. The fraction of sp³-hybridized carbons (Fsp3) is 0.535. The van der Waals surface area contributed by atoms with Crippen molar-refractivity contribution < 1.29 is 58.9 Å². The Kier molecular flexibility index (Phi) is 17.5. The Hall–Kier alpha value is -4.12. The Labute approximate surface area is 335 Å². The fourth-order valence-corrected chi connectivity index (χ4v) is 7.23. The summed E-state index contributed by atoms with van der Waals surface area (Å²) in [5.41, 5.74) is 0.0278. The number of carbonyl (C=O) groups excluding carboxylic acids is 4. The van der Waals surface area contributed by atoms with E-state index in [1.54, 1.807) is 81.5 Å². The monoisotopic (exact) mass is 796 g/mol. The summed E-state index contributed by atoms with van der Waals surface area (Å²) in [6.45, 7) is 12.2. The number of aliphatic hydroxyl groups is 5. The van der Waals surface area contributed by atoms with Crippen LogP contribution >= 0.6 is 0 Å². The summed E-state index contributed by atoms with van der Waals surface area (Å²) in [5.74, 6) is -7.79. The van der Waals surface area contributed by atoms with Gasteiger partial charge in [-0.3, -0.25) is 19.2 Å². The molecule has 3 heterocycles. The zero-order chi connectivity index (χ0) is 42.7. The van der Waals surface area contributed by atoms with Crippen LogP contribution in [0.5, 0.6) is 0 Å². The maximum absolute atomic E-state index is 13.3. The van der Waals surface area contributed by atoms with Gasteiger partial charge in [0.15, 0.2) is 17.5 Å². The Balaban J connectivity index is 1.59. The molecule has 2 amide bonds. The quantitative estimate of drug-likeness (QED) is 0.0640. The van der Waals surface area contributed by atoms with Crippen molar-refractivity contribution in [2.24, 2.45) is 23.2 Å². The summed E-state index contributed by atoms with van der Waals surface area (Å²) in [6, 6.07) is 0. The molecule has 12 atom stereocenters. The number of aliphatic hydroxyl groups excluding tert-OH is 4. The lowest BCUT2D eigenvalue weighted by molar-refractivity contribution is -0.359. The molecule has 3 rings (SSSR count). The molecular formula is C43H60N2O12. The van der Waals surface area contributed by atoms with Gasteiger partial charge in [-0.1, -0.05) is 101 Å². The van der Waals surface area contributed by atoms with E-state index >= 15 is 0 Å².